The summed E-state index contributed by atoms with van der Waals surface area (Å²) in [5.74, 6) is 0. The van der Waals surface area contributed by atoms with E-state index >= 15 is 0 Å². The van der Waals surface area contributed by atoms with E-state index in [9.17, 15) is 0 Å². The first-order valence-electron chi connectivity index (χ1n) is 14.3. The van der Waals surface area contributed by atoms with Crippen LogP contribution < -0.4 is 18.3 Å². The largest absolute Gasteiger partial charge is 0.521 e. The normalized spacial score (nSPS) is 16.6. The molecule has 0 atom stereocenters. The van der Waals surface area contributed by atoms with Crippen LogP contribution in [0.1, 0.15) is 12.8 Å². The van der Waals surface area contributed by atoms with Crippen molar-refractivity contribution in [1.82, 2.24) is 0 Å². The van der Waals surface area contributed by atoms with Gasteiger partial charge in [-0.3, -0.25) is 0 Å². The van der Waals surface area contributed by atoms with Gasteiger partial charge >= 0.3 is 8.72 Å². The van der Waals surface area contributed by atoms with E-state index in [1.165, 1.54) is 45.5 Å². The maximum absolute atomic E-state index is 3.17. The minimum absolute atomic E-state index is 0.990. The van der Waals surface area contributed by atoms with Crippen molar-refractivity contribution in [2.45, 2.75) is 12.8 Å². The van der Waals surface area contributed by atoms with E-state index in [1.54, 1.807) is 0 Å². The molecule has 1 spiro atoms. The van der Waals surface area contributed by atoms with Gasteiger partial charge in [-0.2, -0.15) is 0 Å². The molecule has 198 valence electrons. The Kier molecular flexibility index (Phi) is 5.57. The zero-order chi connectivity index (χ0) is 27.2. The van der Waals surface area contributed by atoms with Crippen molar-refractivity contribution in [1.29, 1.82) is 0 Å². The van der Waals surface area contributed by atoms with Crippen LogP contribution in [-0.2, 0) is 0 Å². The summed E-state index contributed by atoms with van der Waals surface area (Å²) in [7, 11) is -3.17. The summed E-state index contributed by atoms with van der Waals surface area (Å²) in [6.45, 7) is 0. The van der Waals surface area contributed by atoms with Gasteiger partial charge in [0.1, 0.15) is 0 Å². The standard InChI is InChI=1S/C36H30N4Si/c1-5-17-29(18-6-1)37-33-25-13-14-26-34(33)38(30-19-7-2-8-20-30)41(37)39(31-21-9-3-10-22-31)35-27-15-16-28-36(35)40(41)32-23-11-4-12-24-32/h1-11,13-23,25-28H,12,24H2. The summed E-state index contributed by atoms with van der Waals surface area (Å²) >= 11 is 0. The monoisotopic (exact) mass is 546 g/mol. The van der Waals surface area contributed by atoms with Gasteiger partial charge in [-0.15, -0.1) is 0 Å². The quantitative estimate of drug-likeness (QED) is 0.208. The summed E-state index contributed by atoms with van der Waals surface area (Å²) in [4.78, 5) is 0. The second-order valence-electron chi connectivity index (χ2n) is 10.6. The van der Waals surface area contributed by atoms with Crippen LogP contribution in [0.25, 0.3) is 0 Å². The molecule has 4 nitrogen and oxygen atoms in total. The van der Waals surface area contributed by atoms with Crippen LogP contribution in [0.15, 0.2) is 163 Å². The van der Waals surface area contributed by atoms with Crippen LogP contribution in [0, 0.1) is 0 Å². The van der Waals surface area contributed by atoms with Gasteiger partial charge in [-0.25, -0.2) is 0 Å². The van der Waals surface area contributed by atoms with E-state index in [4.69, 9.17) is 0 Å². The number of hydrogen-bond acceptors (Lipinski definition) is 4. The summed E-state index contributed by atoms with van der Waals surface area (Å²) in [6, 6.07) is 50.8. The molecule has 0 aromatic heterocycles. The third-order valence-electron chi connectivity index (χ3n) is 8.25. The third kappa shape index (κ3) is 3.46. The zero-order valence-electron chi connectivity index (χ0n) is 22.7. The first-order chi connectivity index (χ1) is 20.4. The predicted octanol–water partition coefficient (Wildman–Crippen LogP) is 9.30. The number of rotatable bonds is 4. The minimum atomic E-state index is -3.17. The second kappa shape index (κ2) is 9.57. The number of anilines is 7. The predicted molar refractivity (Wildman–Crippen MR) is 173 cm³/mol. The van der Waals surface area contributed by atoms with Crippen LogP contribution in [0.5, 0.6) is 0 Å². The SMILES string of the molecule is C1=CCCC(N2c3ccccc3N(c3ccccc3)[Si]23N(c2ccccc2)c2ccccc2N3c2ccccc2)=C1. The Morgan fingerprint density at radius 3 is 1.15 bits per heavy atom. The smallest absolute Gasteiger partial charge is 0.317 e. The lowest BCUT2D eigenvalue weighted by Crippen LogP contribution is -2.77. The highest BCUT2D eigenvalue weighted by atomic mass is 28.4. The second-order valence-corrected chi connectivity index (χ2v) is 13.5. The van der Waals surface area contributed by atoms with Crippen molar-refractivity contribution in [3.63, 3.8) is 0 Å². The van der Waals surface area contributed by atoms with Crippen LogP contribution in [0.4, 0.5) is 39.8 Å². The van der Waals surface area contributed by atoms with Crippen LogP contribution in [0.3, 0.4) is 0 Å². The van der Waals surface area contributed by atoms with Crippen molar-refractivity contribution in [2.24, 2.45) is 0 Å². The zero-order valence-corrected chi connectivity index (χ0v) is 23.7. The molecular formula is C36H30N4Si. The fraction of sp³-hybridized carbons (Fsp3) is 0.0556. The summed E-state index contributed by atoms with van der Waals surface area (Å²) in [5.41, 5.74) is 9.84. The Bertz CT molecular complexity index is 1640. The Hall–Kier alpha value is -5.00. The molecule has 0 saturated carbocycles. The molecule has 0 unspecified atom stereocenters. The third-order valence-corrected chi connectivity index (χ3v) is 12.7. The van der Waals surface area contributed by atoms with Gasteiger partial charge in [0.05, 0.1) is 22.7 Å². The topological polar surface area (TPSA) is 13.0 Å². The molecule has 0 N–H and O–H groups in total. The lowest BCUT2D eigenvalue weighted by molar-refractivity contribution is 0.924. The van der Waals surface area contributed by atoms with Crippen molar-refractivity contribution < 1.29 is 0 Å². The van der Waals surface area contributed by atoms with Crippen LogP contribution >= 0.6 is 0 Å². The van der Waals surface area contributed by atoms with E-state index in [0.29, 0.717) is 0 Å². The minimum Gasteiger partial charge on any atom is -0.317 e. The van der Waals surface area contributed by atoms with Gasteiger partial charge in [-0.05, 0) is 79.6 Å². The number of para-hydroxylation sites is 7. The van der Waals surface area contributed by atoms with Crippen molar-refractivity contribution >= 4 is 48.5 Å². The van der Waals surface area contributed by atoms with Crippen LogP contribution in [0.2, 0.25) is 0 Å². The first-order valence-corrected chi connectivity index (χ1v) is 16.1. The highest BCUT2D eigenvalue weighted by molar-refractivity contribution is 6.99. The molecule has 5 heteroatoms. The average Bonchev–Trinajstić information content (AvgIpc) is 3.51. The molecule has 2 aliphatic heterocycles. The molecule has 5 aromatic carbocycles. The summed E-state index contributed by atoms with van der Waals surface area (Å²) < 4.78 is 10.7. The van der Waals surface area contributed by atoms with E-state index in [-0.39, 0.29) is 0 Å². The molecule has 0 radical (unpaired) electrons. The average molecular weight is 547 g/mol. The van der Waals surface area contributed by atoms with Gasteiger partial charge in [0.15, 0.2) is 0 Å². The van der Waals surface area contributed by atoms with E-state index in [0.717, 1.165) is 12.8 Å². The molecule has 8 rings (SSSR count). The highest BCUT2D eigenvalue weighted by Crippen LogP contribution is 2.61. The summed E-state index contributed by atoms with van der Waals surface area (Å²) in [6.07, 6.45) is 8.87. The number of fused-ring (bicyclic) bond motifs is 2. The molecule has 0 fully saturated rings. The van der Waals surface area contributed by atoms with Gasteiger partial charge in [-0.1, -0.05) is 91.0 Å². The van der Waals surface area contributed by atoms with E-state index < -0.39 is 8.72 Å². The molecule has 2 heterocycles. The Morgan fingerprint density at radius 2 is 0.780 bits per heavy atom. The Morgan fingerprint density at radius 1 is 0.415 bits per heavy atom. The molecule has 0 saturated heterocycles. The molecule has 0 bridgehead atoms. The van der Waals surface area contributed by atoms with Gasteiger partial charge in [0.2, 0.25) is 0 Å². The van der Waals surface area contributed by atoms with Crippen LogP contribution in [-0.4, -0.2) is 8.72 Å². The van der Waals surface area contributed by atoms with Gasteiger partial charge < -0.3 is 18.3 Å². The maximum Gasteiger partial charge on any atom is 0.521 e. The number of allylic oxidation sites excluding steroid dienone is 4. The first kappa shape index (κ1) is 23.8. The van der Waals surface area contributed by atoms with Gasteiger partial charge in [0, 0.05) is 22.8 Å². The van der Waals surface area contributed by atoms with E-state index in [1.807, 2.05) is 0 Å². The number of benzene rings is 5. The summed E-state index contributed by atoms with van der Waals surface area (Å²) in [5, 5.41) is 0. The maximum atomic E-state index is 2.72. The molecule has 0 amide bonds. The number of nitrogens with zero attached hydrogens (tertiary/aromatic N) is 4. The lowest BCUT2D eigenvalue weighted by Gasteiger charge is -2.50. The van der Waals surface area contributed by atoms with Crippen molar-refractivity contribution in [2.75, 3.05) is 18.3 Å². The number of hydrogen-bond donors (Lipinski definition) is 0. The Labute approximate surface area is 242 Å². The molecule has 1 aliphatic carbocycles. The van der Waals surface area contributed by atoms with Gasteiger partial charge in [0.25, 0.3) is 0 Å². The fourth-order valence-electron chi connectivity index (χ4n) is 6.72. The van der Waals surface area contributed by atoms with Crippen molar-refractivity contribution in [3.05, 3.63) is 163 Å². The molecular weight excluding hydrogens is 517 g/mol. The lowest BCUT2D eigenvalue weighted by atomic mass is 10.1. The molecule has 41 heavy (non-hydrogen) atoms. The van der Waals surface area contributed by atoms with Crippen molar-refractivity contribution in [3.8, 4) is 0 Å². The van der Waals surface area contributed by atoms with E-state index in [2.05, 4.69) is 176 Å². The highest BCUT2D eigenvalue weighted by Gasteiger charge is 2.69. The molecule has 5 aromatic rings. The fourth-order valence-corrected chi connectivity index (χ4v) is 12.0. The molecule has 3 aliphatic rings. The Balaban J connectivity index is 1.55.